The van der Waals surface area contributed by atoms with Crippen LogP contribution in [0.5, 0.6) is 0 Å². The van der Waals surface area contributed by atoms with Gasteiger partial charge in [-0.3, -0.25) is 9.78 Å². The van der Waals surface area contributed by atoms with Crippen LogP contribution in [0.15, 0.2) is 18.3 Å². The van der Waals surface area contributed by atoms with Gasteiger partial charge in [0.25, 0.3) is 0 Å². The van der Waals surface area contributed by atoms with Crippen molar-refractivity contribution in [2.45, 2.75) is 33.6 Å². The molecule has 1 atom stereocenters. The predicted octanol–water partition coefficient (Wildman–Crippen LogP) is 2.55. The second-order valence-corrected chi connectivity index (χ2v) is 5.16. The SMILES string of the molecule is Cc1cccnc1CC(=O)C1CC1(C)C. The van der Waals surface area contributed by atoms with Crippen LogP contribution in [0.3, 0.4) is 0 Å². The van der Waals surface area contributed by atoms with Crippen molar-refractivity contribution < 1.29 is 4.79 Å². The fourth-order valence-electron chi connectivity index (χ4n) is 2.01. The summed E-state index contributed by atoms with van der Waals surface area (Å²) in [6, 6.07) is 3.91. The Bertz CT molecular complexity index is 395. The van der Waals surface area contributed by atoms with Crippen molar-refractivity contribution in [3.05, 3.63) is 29.6 Å². The van der Waals surface area contributed by atoms with E-state index < -0.39 is 0 Å². The first kappa shape index (κ1) is 10.3. The van der Waals surface area contributed by atoms with Crippen LogP contribution in [0, 0.1) is 18.3 Å². The monoisotopic (exact) mass is 203 g/mol. The van der Waals surface area contributed by atoms with Gasteiger partial charge in [0.2, 0.25) is 0 Å². The zero-order valence-corrected chi connectivity index (χ0v) is 9.58. The van der Waals surface area contributed by atoms with Crippen molar-refractivity contribution in [2.24, 2.45) is 11.3 Å². The zero-order valence-electron chi connectivity index (χ0n) is 9.58. The first-order chi connectivity index (χ1) is 7.00. The highest BCUT2D eigenvalue weighted by atomic mass is 16.1. The van der Waals surface area contributed by atoms with Crippen LogP contribution in [0.2, 0.25) is 0 Å². The number of carbonyl (C=O) groups excluding carboxylic acids is 1. The quantitative estimate of drug-likeness (QED) is 0.755. The Kier molecular flexibility index (Phi) is 2.37. The lowest BCUT2D eigenvalue weighted by Crippen LogP contribution is -2.11. The lowest BCUT2D eigenvalue weighted by molar-refractivity contribution is -0.120. The molecule has 0 spiro atoms. The zero-order chi connectivity index (χ0) is 11.1. The van der Waals surface area contributed by atoms with Crippen molar-refractivity contribution in [1.29, 1.82) is 0 Å². The molecule has 0 aromatic carbocycles. The summed E-state index contributed by atoms with van der Waals surface area (Å²) in [5.74, 6) is 0.612. The van der Waals surface area contributed by atoms with Gasteiger partial charge < -0.3 is 0 Å². The number of rotatable bonds is 3. The van der Waals surface area contributed by atoms with Gasteiger partial charge in [0, 0.05) is 18.5 Å². The molecule has 0 aliphatic heterocycles. The molecule has 1 aliphatic rings. The van der Waals surface area contributed by atoms with Gasteiger partial charge in [0.05, 0.1) is 5.69 Å². The average Bonchev–Trinajstić information content (AvgIpc) is 2.79. The number of nitrogens with zero attached hydrogens (tertiary/aromatic N) is 1. The van der Waals surface area contributed by atoms with E-state index in [9.17, 15) is 4.79 Å². The summed E-state index contributed by atoms with van der Waals surface area (Å²) in [7, 11) is 0. The second-order valence-electron chi connectivity index (χ2n) is 5.16. The summed E-state index contributed by atoms with van der Waals surface area (Å²) in [5, 5.41) is 0. The Balaban J connectivity index is 2.05. The smallest absolute Gasteiger partial charge is 0.142 e. The van der Waals surface area contributed by atoms with Crippen LogP contribution in [0.1, 0.15) is 31.5 Å². The highest BCUT2D eigenvalue weighted by Crippen LogP contribution is 2.52. The van der Waals surface area contributed by atoms with Crippen LogP contribution in [0.4, 0.5) is 0 Å². The van der Waals surface area contributed by atoms with Crippen molar-refractivity contribution >= 4 is 5.78 Å². The minimum atomic E-state index is 0.236. The molecule has 2 heteroatoms. The lowest BCUT2D eigenvalue weighted by Gasteiger charge is -2.04. The third-order valence-electron chi connectivity index (χ3n) is 3.36. The molecular formula is C13H17NO. The maximum atomic E-state index is 11.9. The molecule has 1 aromatic heterocycles. The Hall–Kier alpha value is -1.18. The third kappa shape index (κ3) is 2.09. The number of aryl methyl sites for hydroxylation is 1. The van der Waals surface area contributed by atoms with Crippen molar-refractivity contribution in [3.63, 3.8) is 0 Å². The Labute approximate surface area is 90.7 Å². The van der Waals surface area contributed by atoms with Crippen molar-refractivity contribution in [2.75, 3.05) is 0 Å². The molecule has 0 N–H and O–H groups in total. The summed E-state index contributed by atoms with van der Waals surface area (Å²) in [6.07, 6.45) is 3.30. The van der Waals surface area contributed by atoms with E-state index in [1.807, 2.05) is 19.1 Å². The van der Waals surface area contributed by atoms with Gasteiger partial charge in [-0.1, -0.05) is 19.9 Å². The summed E-state index contributed by atoms with van der Waals surface area (Å²) in [6.45, 7) is 6.31. The number of aromatic nitrogens is 1. The molecule has 1 heterocycles. The molecule has 2 nitrogen and oxygen atoms in total. The van der Waals surface area contributed by atoms with Gasteiger partial charge in [-0.2, -0.15) is 0 Å². The number of carbonyl (C=O) groups is 1. The second kappa shape index (κ2) is 3.44. The van der Waals surface area contributed by atoms with E-state index >= 15 is 0 Å². The highest BCUT2D eigenvalue weighted by molar-refractivity contribution is 5.86. The van der Waals surface area contributed by atoms with Crippen molar-refractivity contribution in [3.8, 4) is 0 Å². The van der Waals surface area contributed by atoms with Crippen LogP contribution in [-0.2, 0) is 11.2 Å². The fourth-order valence-corrected chi connectivity index (χ4v) is 2.01. The Morgan fingerprint density at radius 1 is 1.60 bits per heavy atom. The molecule has 1 aromatic rings. The first-order valence-electron chi connectivity index (χ1n) is 5.44. The molecule has 0 radical (unpaired) electrons. The average molecular weight is 203 g/mol. The topological polar surface area (TPSA) is 30.0 Å². The van der Waals surface area contributed by atoms with E-state index in [0.717, 1.165) is 17.7 Å². The summed E-state index contributed by atoms with van der Waals surface area (Å²) < 4.78 is 0. The molecule has 1 fully saturated rings. The van der Waals surface area contributed by atoms with E-state index in [1.165, 1.54) is 0 Å². The molecule has 0 amide bonds. The molecule has 0 saturated heterocycles. The highest BCUT2D eigenvalue weighted by Gasteiger charge is 2.49. The summed E-state index contributed by atoms with van der Waals surface area (Å²) in [5.41, 5.74) is 2.29. The molecule has 80 valence electrons. The minimum absolute atomic E-state index is 0.236. The summed E-state index contributed by atoms with van der Waals surface area (Å²) in [4.78, 5) is 16.2. The maximum Gasteiger partial charge on any atom is 0.142 e. The number of Topliss-reactive ketones (excluding diaryl/α,β-unsaturated/α-hetero) is 1. The number of hydrogen-bond donors (Lipinski definition) is 0. The molecule has 2 rings (SSSR count). The molecule has 0 bridgehead atoms. The number of hydrogen-bond acceptors (Lipinski definition) is 2. The van der Waals surface area contributed by atoms with Gasteiger partial charge >= 0.3 is 0 Å². The van der Waals surface area contributed by atoms with Crippen LogP contribution < -0.4 is 0 Å². The normalized spacial score (nSPS) is 22.5. The lowest BCUT2D eigenvalue weighted by atomic mass is 10.0. The molecule has 15 heavy (non-hydrogen) atoms. The standard InChI is InChI=1S/C13H17NO/c1-9-5-4-6-14-11(9)7-12(15)10-8-13(10,2)3/h4-6,10H,7-8H2,1-3H3. The maximum absolute atomic E-state index is 11.9. The van der Waals surface area contributed by atoms with E-state index in [1.54, 1.807) is 6.20 Å². The van der Waals surface area contributed by atoms with Gasteiger partial charge in [-0.15, -0.1) is 0 Å². The van der Waals surface area contributed by atoms with Crippen LogP contribution >= 0.6 is 0 Å². The minimum Gasteiger partial charge on any atom is -0.299 e. The van der Waals surface area contributed by atoms with Crippen LogP contribution in [-0.4, -0.2) is 10.8 Å². The summed E-state index contributed by atoms with van der Waals surface area (Å²) >= 11 is 0. The number of pyridine rings is 1. The predicted molar refractivity (Wildman–Crippen MR) is 59.6 cm³/mol. The van der Waals surface area contributed by atoms with E-state index in [2.05, 4.69) is 18.8 Å². The van der Waals surface area contributed by atoms with Crippen molar-refractivity contribution in [1.82, 2.24) is 4.98 Å². The van der Waals surface area contributed by atoms with Gasteiger partial charge in [0.1, 0.15) is 5.78 Å². The third-order valence-corrected chi connectivity index (χ3v) is 3.36. The van der Waals surface area contributed by atoms with Gasteiger partial charge in [-0.25, -0.2) is 0 Å². The molecular weight excluding hydrogens is 186 g/mol. The largest absolute Gasteiger partial charge is 0.299 e. The first-order valence-corrected chi connectivity index (χ1v) is 5.44. The molecule has 1 unspecified atom stereocenters. The van der Waals surface area contributed by atoms with E-state index in [4.69, 9.17) is 0 Å². The van der Waals surface area contributed by atoms with Crippen LogP contribution in [0.25, 0.3) is 0 Å². The molecule has 1 saturated carbocycles. The van der Waals surface area contributed by atoms with Gasteiger partial charge in [-0.05, 0) is 30.4 Å². The molecule has 1 aliphatic carbocycles. The fraction of sp³-hybridized carbons (Fsp3) is 0.538. The van der Waals surface area contributed by atoms with E-state index in [-0.39, 0.29) is 11.3 Å². The van der Waals surface area contributed by atoms with Gasteiger partial charge in [0.15, 0.2) is 0 Å². The van der Waals surface area contributed by atoms with E-state index in [0.29, 0.717) is 12.2 Å². The Morgan fingerprint density at radius 3 is 2.80 bits per heavy atom. The Morgan fingerprint density at radius 2 is 2.27 bits per heavy atom. The number of ketones is 1.